The highest BCUT2D eigenvalue weighted by Gasteiger charge is 2.57. The summed E-state index contributed by atoms with van der Waals surface area (Å²) in [4.78, 5) is 52.2. The number of carboxylic acids is 1. The van der Waals surface area contributed by atoms with Crippen LogP contribution in [0.15, 0.2) is 17.1 Å². The summed E-state index contributed by atoms with van der Waals surface area (Å²) in [5.74, 6) is -7.59. The van der Waals surface area contributed by atoms with Gasteiger partial charge in [-0.2, -0.15) is 4.98 Å². The predicted octanol–water partition coefficient (Wildman–Crippen LogP) is -6.72. The lowest BCUT2D eigenvalue weighted by Crippen LogP contribution is -2.63. The fourth-order valence-corrected chi connectivity index (χ4v) is 5.47. The van der Waals surface area contributed by atoms with Gasteiger partial charge in [0.1, 0.15) is 36.3 Å². The molecule has 0 spiro atoms. The molecule has 2 fully saturated rings. The molecule has 3 rings (SSSR count). The standard InChI is InChI=1S/C21H34N5O16P/c22-4-13(30)24-5-8-9(28)3-21(19(34)35,41-17(8)14(31)10(29)6-27)42-43(37,38)39-7-11-15(32)16(33)18(40-11)26-2-1-12(23)25-20(26)36/h1-2,8-11,14-18,27-29,31-33H,3-7,22H2,(H,24,30)(H,34,35)(H,37,38)(H2,23,25,36)/p-1/t8-,9?,10-,11-,14-,15+,16+,17?,18-,21-/m1/s1. The summed E-state index contributed by atoms with van der Waals surface area (Å²) in [5, 5.41) is 73.2. The van der Waals surface area contributed by atoms with Crippen molar-refractivity contribution in [2.45, 2.75) is 61.2 Å². The topological polar surface area (TPSA) is 352 Å². The lowest BCUT2D eigenvalue weighted by Gasteiger charge is -2.47. The summed E-state index contributed by atoms with van der Waals surface area (Å²) in [7, 11) is -5.77. The van der Waals surface area contributed by atoms with Gasteiger partial charge in [-0.3, -0.25) is 18.5 Å². The maximum atomic E-state index is 12.8. The molecule has 21 nitrogen and oxygen atoms in total. The zero-order chi connectivity index (χ0) is 32.3. The van der Waals surface area contributed by atoms with Crippen molar-refractivity contribution in [2.75, 3.05) is 32.0 Å². The maximum Gasteiger partial charge on any atom is 0.364 e. The Morgan fingerprint density at radius 3 is 2.56 bits per heavy atom. The largest absolute Gasteiger partial charge is 0.756 e. The summed E-state index contributed by atoms with van der Waals surface area (Å²) < 4.78 is 33.6. The number of aromatic nitrogens is 2. The number of carboxylic acid groups (broad SMARTS) is 1. The molecule has 12 N–H and O–H groups in total. The number of phosphoric ester groups is 1. The van der Waals surface area contributed by atoms with E-state index in [1.807, 2.05) is 0 Å². The molecular formula is C21H33N5O16P-. The molecule has 43 heavy (non-hydrogen) atoms. The average Bonchev–Trinajstić information content (AvgIpc) is 3.22. The van der Waals surface area contributed by atoms with E-state index in [0.29, 0.717) is 0 Å². The number of amides is 1. The van der Waals surface area contributed by atoms with E-state index in [9.17, 15) is 59.6 Å². The minimum absolute atomic E-state index is 0.145. The number of nitrogens with one attached hydrogen (secondary N) is 1. The second-order valence-electron chi connectivity index (χ2n) is 9.75. The molecule has 0 aliphatic carbocycles. The van der Waals surface area contributed by atoms with Crippen LogP contribution in [0.2, 0.25) is 0 Å². The molecule has 244 valence electrons. The SMILES string of the molecule is NCC(=O)NC[C@@H]1C(O)C[C@@](OP(=O)([O-])OC[C@H]2O[C@@H](n3ccc(N)nc3=O)[C@@H](O)[C@H]2O)(C(=O)O)OC1[C@H](O)[C@H](O)CO. The van der Waals surface area contributed by atoms with Crippen LogP contribution in [0.3, 0.4) is 0 Å². The van der Waals surface area contributed by atoms with Crippen molar-refractivity contribution in [1.82, 2.24) is 14.9 Å². The highest BCUT2D eigenvalue weighted by molar-refractivity contribution is 7.45. The van der Waals surface area contributed by atoms with Crippen LogP contribution in [0.1, 0.15) is 12.6 Å². The van der Waals surface area contributed by atoms with Crippen LogP contribution in [0.4, 0.5) is 5.82 Å². The van der Waals surface area contributed by atoms with Crippen LogP contribution in [-0.2, 0) is 32.7 Å². The molecule has 2 aliphatic heterocycles. The highest BCUT2D eigenvalue weighted by Crippen LogP contribution is 2.49. The van der Waals surface area contributed by atoms with Crippen LogP contribution in [0.25, 0.3) is 0 Å². The minimum atomic E-state index is -5.77. The zero-order valence-electron chi connectivity index (χ0n) is 22.2. The Balaban J connectivity index is 1.78. The second kappa shape index (κ2) is 14.0. The highest BCUT2D eigenvalue weighted by atomic mass is 31.2. The Morgan fingerprint density at radius 2 is 1.98 bits per heavy atom. The Kier molecular flexibility index (Phi) is 11.3. The first-order chi connectivity index (χ1) is 20.1. The van der Waals surface area contributed by atoms with Crippen molar-refractivity contribution >= 4 is 25.5 Å². The number of ether oxygens (including phenoxy) is 2. The van der Waals surface area contributed by atoms with Gasteiger partial charge in [0.2, 0.25) is 5.91 Å². The van der Waals surface area contributed by atoms with Gasteiger partial charge in [-0.1, -0.05) is 0 Å². The first-order valence-electron chi connectivity index (χ1n) is 12.6. The van der Waals surface area contributed by atoms with Crippen molar-refractivity contribution in [1.29, 1.82) is 0 Å². The fraction of sp³-hybridized carbons (Fsp3) is 0.714. The van der Waals surface area contributed by atoms with Gasteiger partial charge in [-0.25, -0.2) is 9.59 Å². The van der Waals surface area contributed by atoms with Crippen LogP contribution < -0.4 is 27.4 Å². The zero-order valence-corrected chi connectivity index (χ0v) is 23.1. The summed E-state index contributed by atoms with van der Waals surface area (Å²) >= 11 is 0. The van der Waals surface area contributed by atoms with E-state index in [-0.39, 0.29) is 5.82 Å². The minimum Gasteiger partial charge on any atom is -0.756 e. The number of nitrogens with zero attached hydrogens (tertiary/aromatic N) is 2. The lowest BCUT2D eigenvalue weighted by atomic mass is 9.83. The normalized spacial score (nSPS) is 33.8. The molecule has 0 radical (unpaired) electrons. The second-order valence-corrected chi connectivity index (χ2v) is 11.1. The molecule has 1 aromatic rings. The Bertz CT molecular complexity index is 1250. The first kappa shape index (κ1) is 34.9. The first-order valence-corrected chi connectivity index (χ1v) is 14.1. The van der Waals surface area contributed by atoms with Gasteiger partial charge in [0.05, 0.1) is 32.0 Å². The number of aliphatic hydroxyl groups excluding tert-OH is 6. The molecule has 22 heteroatoms. The third-order valence-electron chi connectivity index (χ3n) is 6.80. The number of rotatable bonds is 13. The number of carbonyl (C=O) groups excluding carboxylic acids is 1. The Hall–Kier alpha value is -2.63. The van der Waals surface area contributed by atoms with Gasteiger partial charge >= 0.3 is 11.7 Å². The molecule has 0 saturated carbocycles. The molecule has 1 aromatic heterocycles. The molecular weight excluding hydrogens is 609 g/mol. The van der Waals surface area contributed by atoms with E-state index in [1.54, 1.807) is 0 Å². The van der Waals surface area contributed by atoms with Gasteiger partial charge in [0, 0.05) is 25.1 Å². The number of hydrogen-bond donors (Lipinski definition) is 10. The van der Waals surface area contributed by atoms with Crippen molar-refractivity contribution < 1.29 is 73.3 Å². The van der Waals surface area contributed by atoms with Crippen molar-refractivity contribution in [2.24, 2.45) is 11.7 Å². The van der Waals surface area contributed by atoms with Gasteiger partial charge in [-0.05, 0) is 6.07 Å². The summed E-state index contributed by atoms with van der Waals surface area (Å²) in [6.45, 7) is -3.09. The summed E-state index contributed by atoms with van der Waals surface area (Å²) in [5.41, 5.74) is 9.66. The van der Waals surface area contributed by atoms with Crippen LogP contribution in [0.5, 0.6) is 0 Å². The van der Waals surface area contributed by atoms with Gasteiger partial charge in [0.25, 0.3) is 13.6 Å². The quantitative estimate of drug-likeness (QED) is 0.0893. The predicted molar refractivity (Wildman–Crippen MR) is 134 cm³/mol. The summed E-state index contributed by atoms with van der Waals surface area (Å²) in [6.07, 6.45) is -14.6. The van der Waals surface area contributed by atoms with Crippen LogP contribution >= 0.6 is 7.82 Å². The summed E-state index contributed by atoms with van der Waals surface area (Å²) in [6, 6.07) is 1.19. The Morgan fingerprint density at radius 1 is 1.30 bits per heavy atom. The number of aliphatic hydroxyl groups is 6. The van der Waals surface area contributed by atoms with Gasteiger partial charge in [-0.15, -0.1) is 0 Å². The number of aliphatic carboxylic acids is 1. The van der Waals surface area contributed by atoms with E-state index in [2.05, 4.69) is 14.8 Å². The van der Waals surface area contributed by atoms with Crippen LogP contribution in [-0.4, -0.2) is 132 Å². The van der Waals surface area contributed by atoms with Crippen LogP contribution in [0, 0.1) is 5.92 Å². The van der Waals surface area contributed by atoms with E-state index in [0.717, 1.165) is 10.8 Å². The monoisotopic (exact) mass is 642 g/mol. The lowest BCUT2D eigenvalue weighted by molar-refractivity contribution is -0.319. The molecule has 0 bridgehead atoms. The number of anilines is 1. The van der Waals surface area contributed by atoms with E-state index >= 15 is 0 Å². The molecule has 1 amide bonds. The van der Waals surface area contributed by atoms with E-state index < -0.39 is 119 Å². The molecule has 3 unspecified atom stereocenters. The van der Waals surface area contributed by atoms with Crippen molar-refractivity contribution in [3.05, 3.63) is 22.7 Å². The number of hydrogen-bond acceptors (Lipinski definition) is 18. The smallest absolute Gasteiger partial charge is 0.364 e. The average molecular weight is 642 g/mol. The third-order valence-corrected chi connectivity index (χ3v) is 7.79. The Labute approximate surface area is 241 Å². The molecule has 2 aliphatic rings. The van der Waals surface area contributed by atoms with Crippen molar-refractivity contribution in [3.8, 4) is 0 Å². The molecule has 2 saturated heterocycles. The fourth-order valence-electron chi connectivity index (χ4n) is 4.53. The van der Waals surface area contributed by atoms with Gasteiger partial charge in [0.15, 0.2) is 6.23 Å². The molecule has 0 aromatic carbocycles. The third kappa shape index (κ3) is 7.91. The number of carbonyl (C=O) groups is 2. The van der Waals surface area contributed by atoms with Crippen molar-refractivity contribution in [3.63, 3.8) is 0 Å². The number of nitrogens with two attached hydrogens (primary N) is 2. The van der Waals surface area contributed by atoms with Gasteiger partial charge < -0.3 is 71.4 Å². The molecule has 3 heterocycles. The maximum absolute atomic E-state index is 12.8. The van der Waals surface area contributed by atoms with E-state index in [4.69, 9.17) is 25.5 Å². The molecule has 11 atom stereocenters. The number of nitrogen functional groups attached to an aromatic ring is 1. The number of phosphoric acid groups is 1. The van der Waals surface area contributed by atoms with E-state index in [1.165, 1.54) is 6.07 Å².